The second-order valence-electron chi connectivity index (χ2n) is 10.4. The zero-order valence-electron chi connectivity index (χ0n) is 20.9. The summed E-state index contributed by atoms with van der Waals surface area (Å²) in [7, 11) is 0. The fourth-order valence-electron chi connectivity index (χ4n) is 4.78. The molecule has 11 heteroatoms. The zero-order chi connectivity index (χ0) is 26.9. The molecule has 3 aromatic heterocycles. The maximum absolute atomic E-state index is 14.7. The van der Waals surface area contributed by atoms with Crippen LogP contribution in [0.2, 0.25) is 0 Å². The molecule has 1 aromatic carbocycles. The van der Waals surface area contributed by atoms with Gasteiger partial charge in [0.15, 0.2) is 28.9 Å². The molecule has 0 bridgehead atoms. The Morgan fingerprint density at radius 2 is 1.89 bits per heavy atom. The Bertz CT molecular complexity index is 1680. The summed E-state index contributed by atoms with van der Waals surface area (Å²) in [5.41, 5.74) is -0.0543. The minimum Gasteiger partial charge on any atom is -0.310 e. The van der Waals surface area contributed by atoms with Crippen molar-refractivity contribution >= 4 is 28.5 Å². The van der Waals surface area contributed by atoms with Crippen LogP contribution in [0.15, 0.2) is 24.3 Å². The van der Waals surface area contributed by atoms with Crippen LogP contribution in [0.5, 0.6) is 0 Å². The number of hydrogen-bond acceptors (Lipinski definition) is 6. The third kappa shape index (κ3) is 3.84. The highest BCUT2D eigenvalue weighted by molar-refractivity contribution is 6.09. The summed E-state index contributed by atoms with van der Waals surface area (Å²) >= 11 is 0. The van der Waals surface area contributed by atoms with Crippen LogP contribution in [-0.2, 0) is 16.8 Å². The number of ketones is 1. The van der Waals surface area contributed by atoms with E-state index in [1.54, 1.807) is 13.8 Å². The molecule has 1 saturated carbocycles. The maximum Gasteiger partial charge on any atom is 0.235 e. The van der Waals surface area contributed by atoms with Crippen LogP contribution in [0.1, 0.15) is 60.4 Å². The number of carbonyl (C=O) groups excluding carboxylic acids is 2. The number of Topliss-reactive ketones (excluding diaryl/α,β-unsaturated/α-hetero) is 1. The van der Waals surface area contributed by atoms with Crippen molar-refractivity contribution in [3.05, 3.63) is 64.2 Å². The number of aromatic nitrogens is 5. The van der Waals surface area contributed by atoms with Gasteiger partial charge in [0.1, 0.15) is 23.0 Å². The van der Waals surface area contributed by atoms with Crippen LogP contribution in [0.3, 0.4) is 0 Å². The van der Waals surface area contributed by atoms with Crippen molar-refractivity contribution < 1.29 is 22.8 Å². The van der Waals surface area contributed by atoms with Crippen molar-refractivity contribution in [2.45, 2.75) is 52.0 Å². The van der Waals surface area contributed by atoms with Gasteiger partial charge in [-0.1, -0.05) is 12.1 Å². The number of fused-ring (bicyclic) bond motifs is 2. The van der Waals surface area contributed by atoms with E-state index in [0.717, 1.165) is 18.9 Å². The number of amides is 1. The van der Waals surface area contributed by atoms with Gasteiger partial charge >= 0.3 is 0 Å². The van der Waals surface area contributed by atoms with Crippen molar-refractivity contribution in [1.29, 1.82) is 0 Å². The number of nitrogens with one attached hydrogen (secondary N) is 1. The number of nitrogens with zero attached hydrogens (tertiary/aromatic N) is 5. The van der Waals surface area contributed by atoms with Crippen molar-refractivity contribution in [2.75, 3.05) is 5.32 Å². The number of halogens is 3. The number of anilines is 1. The maximum atomic E-state index is 14.7. The van der Waals surface area contributed by atoms with Gasteiger partial charge in [-0.2, -0.15) is 5.10 Å². The molecule has 1 N–H and O–H groups in total. The van der Waals surface area contributed by atoms with Crippen molar-refractivity contribution in [1.82, 2.24) is 24.7 Å². The first-order chi connectivity index (χ1) is 18.0. The predicted molar refractivity (Wildman–Crippen MR) is 132 cm³/mol. The van der Waals surface area contributed by atoms with Gasteiger partial charge in [0, 0.05) is 17.5 Å². The van der Waals surface area contributed by atoms with Crippen LogP contribution in [0, 0.1) is 30.3 Å². The van der Waals surface area contributed by atoms with E-state index in [1.165, 1.54) is 29.8 Å². The quantitative estimate of drug-likeness (QED) is 0.364. The van der Waals surface area contributed by atoms with Crippen LogP contribution in [0.25, 0.3) is 22.6 Å². The van der Waals surface area contributed by atoms with Gasteiger partial charge in [-0.3, -0.25) is 9.59 Å². The molecule has 0 spiro atoms. The number of rotatable bonds is 6. The molecule has 194 valence electrons. The number of carbonyl (C=O) groups is 2. The lowest BCUT2D eigenvalue weighted by molar-refractivity contribution is -0.119. The first-order valence-corrected chi connectivity index (χ1v) is 12.3. The van der Waals surface area contributed by atoms with Gasteiger partial charge < -0.3 is 5.32 Å². The number of hydrogen-bond donors (Lipinski definition) is 1. The molecule has 1 aliphatic heterocycles. The summed E-state index contributed by atoms with van der Waals surface area (Å²) in [6, 6.07) is 5.03. The molecule has 1 aliphatic carbocycles. The summed E-state index contributed by atoms with van der Waals surface area (Å²) in [6.45, 7) is 4.68. The van der Waals surface area contributed by atoms with Crippen molar-refractivity contribution in [2.24, 2.45) is 5.92 Å². The molecule has 6 rings (SSSR count). The molecule has 4 aromatic rings. The normalized spacial score (nSPS) is 16.1. The van der Waals surface area contributed by atoms with E-state index >= 15 is 0 Å². The van der Waals surface area contributed by atoms with E-state index in [9.17, 15) is 22.8 Å². The molecular weight excluding hydrogens is 497 g/mol. The molecule has 8 nitrogen and oxygen atoms in total. The average molecular weight is 521 g/mol. The summed E-state index contributed by atoms with van der Waals surface area (Å²) < 4.78 is 44.3. The second kappa shape index (κ2) is 8.44. The molecule has 38 heavy (non-hydrogen) atoms. The Morgan fingerprint density at radius 1 is 1.13 bits per heavy atom. The number of pyridine rings is 1. The summed E-state index contributed by atoms with van der Waals surface area (Å²) in [5.74, 6) is -2.68. The van der Waals surface area contributed by atoms with Gasteiger partial charge in [-0.15, -0.1) is 0 Å². The lowest BCUT2D eigenvalue weighted by Gasteiger charge is -2.17. The summed E-state index contributed by atoms with van der Waals surface area (Å²) in [4.78, 5) is 39.4. The SMILES string of the molecule is Cc1nc2c(cc1F)c(-c1nc3c(c(C(=O)CC4CC4)n1)C(C)(C)C(=O)N3)nn2Cc1cccc(F)c1F. The Balaban J connectivity index is 1.55. The minimum atomic E-state index is -1.02. The molecule has 0 saturated heterocycles. The third-order valence-electron chi connectivity index (χ3n) is 7.18. The van der Waals surface area contributed by atoms with Crippen molar-refractivity contribution in [3.63, 3.8) is 0 Å². The Kier molecular flexibility index (Phi) is 5.37. The fourth-order valence-corrected chi connectivity index (χ4v) is 4.78. The Hall–Kier alpha value is -4.15. The smallest absolute Gasteiger partial charge is 0.235 e. The molecule has 0 radical (unpaired) electrons. The monoisotopic (exact) mass is 520 g/mol. The second-order valence-corrected chi connectivity index (χ2v) is 10.4. The molecule has 0 unspecified atom stereocenters. The van der Waals surface area contributed by atoms with Crippen LogP contribution >= 0.6 is 0 Å². The van der Waals surface area contributed by atoms with Crippen LogP contribution < -0.4 is 5.32 Å². The van der Waals surface area contributed by atoms with Gasteiger partial charge in [-0.05, 0) is 51.7 Å². The van der Waals surface area contributed by atoms with Crippen LogP contribution in [0.4, 0.5) is 19.0 Å². The molecule has 1 fully saturated rings. The number of aryl methyl sites for hydroxylation is 1. The van der Waals surface area contributed by atoms with Crippen molar-refractivity contribution in [3.8, 4) is 11.5 Å². The highest BCUT2D eigenvalue weighted by atomic mass is 19.2. The standard InChI is InChI=1S/C27H23F3N6O2/c1-12-17(29)10-15-21(35-36(25(15)31-12)11-14-5-4-6-16(28)20(14)30)24-32-22(18(37)9-13-7-8-13)19-23(33-24)34-26(38)27(19,2)3/h4-6,10,13H,7-9,11H2,1-3H3,(H,32,33,34,38). The first kappa shape index (κ1) is 24.2. The lowest BCUT2D eigenvalue weighted by atomic mass is 9.84. The molecule has 2 aliphatic rings. The van der Waals surface area contributed by atoms with E-state index in [-0.39, 0.29) is 69.5 Å². The van der Waals surface area contributed by atoms with Gasteiger partial charge in [0.25, 0.3) is 0 Å². The van der Waals surface area contributed by atoms with Crippen LogP contribution in [-0.4, -0.2) is 36.4 Å². The summed E-state index contributed by atoms with van der Waals surface area (Å²) in [6.07, 6.45) is 2.22. The van der Waals surface area contributed by atoms with E-state index < -0.39 is 22.9 Å². The average Bonchev–Trinajstić information content (AvgIpc) is 3.57. The van der Waals surface area contributed by atoms with Gasteiger partial charge in [0.2, 0.25) is 5.91 Å². The fraction of sp³-hybridized carbons (Fsp3) is 0.333. The highest BCUT2D eigenvalue weighted by Gasteiger charge is 2.44. The minimum absolute atomic E-state index is 0.00517. The Morgan fingerprint density at radius 3 is 2.63 bits per heavy atom. The van der Waals surface area contributed by atoms with Gasteiger partial charge in [-0.25, -0.2) is 32.8 Å². The van der Waals surface area contributed by atoms with E-state index in [0.29, 0.717) is 12.0 Å². The highest BCUT2D eigenvalue weighted by Crippen LogP contribution is 2.41. The molecule has 1 amide bonds. The lowest BCUT2D eigenvalue weighted by Crippen LogP contribution is -2.28. The third-order valence-corrected chi connectivity index (χ3v) is 7.18. The Labute approximate surface area is 215 Å². The first-order valence-electron chi connectivity index (χ1n) is 12.3. The molecule has 4 heterocycles. The van der Waals surface area contributed by atoms with E-state index in [2.05, 4.69) is 25.4 Å². The zero-order valence-corrected chi connectivity index (χ0v) is 20.9. The predicted octanol–water partition coefficient (Wildman–Crippen LogP) is 4.87. The largest absolute Gasteiger partial charge is 0.310 e. The topological polar surface area (TPSA) is 103 Å². The molecular formula is C27H23F3N6O2. The number of benzene rings is 1. The van der Waals surface area contributed by atoms with E-state index in [1.807, 2.05) is 0 Å². The van der Waals surface area contributed by atoms with E-state index in [4.69, 9.17) is 0 Å². The summed E-state index contributed by atoms with van der Waals surface area (Å²) in [5, 5.41) is 7.48. The van der Waals surface area contributed by atoms with Gasteiger partial charge in [0.05, 0.1) is 23.0 Å². The molecule has 0 atom stereocenters.